The molecular weight excluding hydrogens is 218 g/mol. The Morgan fingerprint density at radius 2 is 2.12 bits per heavy atom. The fourth-order valence-electron chi connectivity index (χ4n) is 1.57. The Morgan fingerprint density at radius 3 is 2.59 bits per heavy atom. The maximum Gasteiger partial charge on any atom is 0.331 e. The SMILES string of the molecule is C=CC[C@](N)(C(=O)OCC)c1ccc(O)cc1. The fourth-order valence-corrected chi connectivity index (χ4v) is 1.57. The van der Waals surface area contributed by atoms with Crippen molar-refractivity contribution in [3.8, 4) is 5.75 Å². The Labute approximate surface area is 101 Å². The molecule has 0 saturated carbocycles. The van der Waals surface area contributed by atoms with E-state index in [4.69, 9.17) is 10.5 Å². The Kier molecular flexibility index (Phi) is 4.29. The van der Waals surface area contributed by atoms with Crippen molar-refractivity contribution < 1.29 is 14.6 Å². The zero-order chi connectivity index (χ0) is 12.9. The molecule has 1 rings (SSSR count). The number of phenols is 1. The average molecular weight is 235 g/mol. The van der Waals surface area contributed by atoms with Crippen LogP contribution in [0.3, 0.4) is 0 Å². The monoisotopic (exact) mass is 235 g/mol. The predicted molar refractivity (Wildman–Crippen MR) is 65.4 cm³/mol. The van der Waals surface area contributed by atoms with Crippen LogP contribution >= 0.6 is 0 Å². The molecule has 1 aromatic carbocycles. The van der Waals surface area contributed by atoms with Crippen LogP contribution in [0.1, 0.15) is 18.9 Å². The van der Waals surface area contributed by atoms with E-state index in [-0.39, 0.29) is 18.8 Å². The molecule has 0 aliphatic heterocycles. The average Bonchev–Trinajstić information content (AvgIpc) is 2.30. The molecule has 0 heterocycles. The van der Waals surface area contributed by atoms with E-state index in [1.165, 1.54) is 12.1 Å². The number of esters is 1. The van der Waals surface area contributed by atoms with Crippen LogP contribution in [0.15, 0.2) is 36.9 Å². The molecule has 1 aromatic rings. The molecule has 92 valence electrons. The molecular formula is C13H17NO3. The maximum absolute atomic E-state index is 11.9. The Hall–Kier alpha value is -1.81. The summed E-state index contributed by atoms with van der Waals surface area (Å²) >= 11 is 0. The van der Waals surface area contributed by atoms with E-state index in [2.05, 4.69) is 6.58 Å². The van der Waals surface area contributed by atoms with Crippen LogP contribution in [0.2, 0.25) is 0 Å². The van der Waals surface area contributed by atoms with Gasteiger partial charge in [0.2, 0.25) is 0 Å². The second kappa shape index (κ2) is 5.50. The first-order valence-electron chi connectivity index (χ1n) is 5.41. The van der Waals surface area contributed by atoms with Crippen LogP contribution in [-0.2, 0) is 15.1 Å². The fraction of sp³-hybridized carbons (Fsp3) is 0.308. The normalized spacial score (nSPS) is 13.8. The molecule has 4 heteroatoms. The van der Waals surface area contributed by atoms with Gasteiger partial charge < -0.3 is 15.6 Å². The highest BCUT2D eigenvalue weighted by atomic mass is 16.5. The summed E-state index contributed by atoms with van der Waals surface area (Å²) < 4.78 is 4.97. The third-order valence-corrected chi connectivity index (χ3v) is 2.49. The molecule has 3 N–H and O–H groups in total. The van der Waals surface area contributed by atoms with E-state index >= 15 is 0 Å². The molecule has 0 bridgehead atoms. The molecule has 0 aromatic heterocycles. The van der Waals surface area contributed by atoms with Crippen LogP contribution in [-0.4, -0.2) is 17.7 Å². The smallest absolute Gasteiger partial charge is 0.331 e. The Balaban J connectivity index is 3.10. The van der Waals surface area contributed by atoms with Crippen molar-refractivity contribution >= 4 is 5.97 Å². The molecule has 1 atom stereocenters. The quantitative estimate of drug-likeness (QED) is 0.601. The summed E-state index contributed by atoms with van der Waals surface area (Å²) in [6.07, 6.45) is 1.85. The van der Waals surface area contributed by atoms with E-state index in [1.807, 2.05) is 0 Å². The molecule has 0 saturated heterocycles. The molecule has 0 amide bonds. The largest absolute Gasteiger partial charge is 0.508 e. The Bertz CT molecular complexity index is 400. The number of aromatic hydroxyl groups is 1. The first-order chi connectivity index (χ1) is 8.04. The van der Waals surface area contributed by atoms with Crippen molar-refractivity contribution in [1.82, 2.24) is 0 Å². The summed E-state index contributed by atoms with van der Waals surface area (Å²) in [5.41, 5.74) is 5.43. The number of hydrogen-bond acceptors (Lipinski definition) is 4. The molecule has 0 radical (unpaired) electrons. The van der Waals surface area contributed by atoms with Gasteiger partial charge in [0.25, 0.3) is 0 Å². The van der Waals surface area contributed by atoms with E-state index < -0.39 is 11.5 Å². The summed E-state index contributed by atoms with van der Waals surface area (Å²) in [7, 11) is 0. The van der Waals surface area contributed by atoms with Gasteiger partial charge in [0.05, 0.1) is 6.61 Å². The van der Waals surface area contributed by atoms with Crippen LogP contribution in [0.25, 0.3) is 0 Å². The second-order valence-corrected chi connectivity index (χ2v) is 3.73. The number of hydrogen-bond donors (Lipinski definition) is 2. The maximum atomic E-state index is 11.9. The first kappa shape index (κ1) is 13.3. The van der Waals surface area contributed by atoms with Gasteiger partial charge in [-0.3, -0.25) is 0 Å². The zero-order valence-corrected chi connectivity index (χ0v) is 9.85. The number of benzene rings is 1. The van der Waals surface area contributed by atoms with Gasteiger partial charge in [-0.1, -0.05) is 18.2 Å². The number of phenolic OH excluding ortho intramolecular Hbond substituents is 1. The third-order valence-electron chi connectivity index (χ3n) is 2.49. The van der Waals surface area contributed by atoms with Gasteiger partial charge in [0.15, 0.2) is 0 Å². The first-order valence-corrected chi connectivity index (χ1v) is 5.41. The summed E-state index contributed by atoms with van der Waals surface area (Å²) in [5.74, 6) is -0.371. The third kappa shape index (κ3) is 2.85. The van der Waals surface area contributed by atoms with E-state index in [9.17, 15) is 9.90 Å². The number of ether oxygens (including phenoxy) is 1. The lowest BCUT2D eigenvalue weighted by Gasteiger charge is -2.26. The van der Waals surface area contributed by atoms with Crippen LogP contribution in [0, 0.1) is 0 Å². The van der Waals surface area contributed by atoms with Crippen LogP contribution in [0.4, 0.5) is 0 Å². The van der Waals surface area contributed by atoms with Crippen molar-refractivity contribution in [3.05, 3.63) is 42.5 Å². The van der Waals surface area contributed by atoms with E-state index in [0.717, 1.165) is 0 Å². The van der Waals surface area contributed by atoms with Gasteiger partial charge in [0, 0.05) is 0 Å². The summed E-state index contributed by atoms with van der Waals surface area (Å²) in [4.78, 5) is 11.9. The van der Waals surface area contributed by atoms with Crippen molar-refractivity contribution in [2.24, 2.45) is 5.73 Å². The second-order valence-electron chi connectivity index (χ2n) is 3.73. The number of carbonyl (C=O) groups excluding carboxylic acids is 1. The minimum absolute atomic E-state index is 0.124. The van der Waals surface area contributed by atoms with E-state index in [1.54, 1.807) is 25.1 Å². The lowest BCUT2D eigenvalue weighted by molar-refractivity contribution is -0.150. The molecule has 4 nitrogen and oxygen atoms in total. The van der Waals surface area contributed by atoms with Gasteiger partial charge in [-0.05, 0) is 31.0 Å². The van der Waals surface area contributed by atoms with Crippen LogP contribution < -0.4 is 5.73 Å². The molecule has 0 spiro atoms. The van der Waals surface area contributed by atoms with Crippen molar-refractivity contribution in [1.29, 1.82) is 0 Å². The molecule has 0 aliphatic rings. The zero-order valence-electron chi connectivity index (χ0n) is 9.85. The molecule has 0 unspecified atom stereocenters. The van der Waals surface area contributed by atoms with Gasteiger partial charge in [-0.2, -0.15) is 0 Å². The molecule has 0 fully saturated rings. The van der Waals surface area contributed by atoms with Gasteiger partial charge in [0.1, 0.15) is 11.3 Å². The van der Waals surface area contributed by atoms with Crippen molar-refractivity contribution in [3.63, 3.8) is 0 Å². The van der Waals surface area contributed by atoms with Crippen molar-refractivity contribution in [2.75, 3.05) is 6.61 Å². The summed E-state index contributed by atoms with van der Waals surface area (Å²) in [6.45, 7) is 5.59. The molecule has 17 heavy (non-hydrogen) atoms. The minimum Gasteiger partial charge on any atom is -0.508 e. The lowest BCUT2D eigenvalue weighted by Crippen LogP contribution is -2.45. The lowest BCUT2D eigenvalue weighted by atomic mass is 9.87. The van der Waals surface area contributed by atoms with Crippen molar-refractivity contribution in [2.45, 2.75) is 18.9 Å². The minimum atomic E-state index is -1.24. The predicted octanol–water partition coefficient (Wildman–Crippen LogP) is 1.69. The van der Waals surface area contributed by atoms with Gasteiger partial charge >= 0.3 is 5.97 Å². The number of nitrogens with two attached hydrogens (primary N) is 1. The highest BCUT2D eigenvalue weighted by molar-refractivity contribution is 5.82. The highest BCUT2D eigenvalue weighted by Gasteiger charge is 2.36. The molecule has 0 aliphatic carbocycles. The van der Waals surface area contributed by atoms with Crippen LogP contribution in [0.5, 0.6) is 5.75 Å². The van der Waals surface area contributed by atoms with Gasteiger partial charge in [-0.15, -0.1) is 6.58 Å². The standard InChI is InChI=1S/C13H17NO3/c1-3-9-13(14,12(16)17-4-2)10-5-7-11(15)8-6-10/h3,5-8,15H,1,4,9,14H2,2H3/t13-/m1/s1. The van der Waals surface area contributed by atoms with E-state index in [0.29, 0.717) is 5.56 Å². The highest BCUT2D eigenvalue weighted by Crippen LogP contribution is 2.26. The topological polar surface area (TPSA) is 72.6 Å². The summed E-state index contributed by atoms with van der Waals surface area (Å²) in [6, 6.07) is 6.18. The Morgan fingerprint density at radius 1 is 1.53 bits per heavy atom. The van der Waals surface area contributed by atoms with Gasteiger partial charge in [-0.25, -0.2) is 4.79 Å². The number of carbonyl (C=O) groups is 1. The summed E-state index contributed by atoms with van der Waals surface area (Å²) in [5, 5.41) is 9.22. The number of rotatable bonds is 5.